The van der Waals surface area contributed by atoms with Crippen LogP contribution in [0.25, 0.3) is 0 Å². The summed E-state index contributed by atoms with van der Waals surface area (Å²) in [6.45, 7) is 9.52. The first-order valence-corrected chi connectivity index (χ1v) is 12.6. The maximum atomic E-state index is 5.06. The SMILES string of the molecule is CC1=NCCN=C(C)c2cccc(n2)C(C)=NC(c2ccc(N=C=S)cc2)CN=C(C)c2cccc1n2.[Eu+3]. The number of benzene rings is 1. The number of isothiocyanates is 1. The first-order valence-electron chi connectivity index (χ1n) is 12.2. The van der Waals surface area contributed by atoms with E-state index < -0.39 is 0 Å². The van der Waals surface area contributed by atoms with Crippen LogP contribution in [0.3, 0.4) is 0 Å². The van der Waals surface area contributed by atoms with Crippen molar-refractivity contribution in [3.05, 3.63) is 89.0 Å². The first-order chi connectivity index (χ1) is 17.9. The molecule has 1 atom stereocenters. The van der Waals surface area contributed by atoms with Gasteiger partial charge in [0.05, 0.1) is 82.1 Å². The summed E-state index contributed by atoms with van der Waals surface area (Å²) in [5.41, 5.74) is 8.49. The largest absolute Gasteiger partial charge is 3.00 e. The molecule has 0 amide bonds. The Bertz CT molecular complexity index is 1450. The van der Waals surface area contributed by atoms with E-state index in [0.717, 1.165) is 56.9 Å². The monoisotopic (exact) mass is 660 g/mol. The molecule has 4 rings (SSSR count). The topological polar surface area (TPSA) is 87.6 Å². The summed E-state index contributed by atoms with van der Waals surface area (Å²) in [6, 6.07) is 19.5. The molecular weight excluding hydrogens is 630 g/mol. The number of aliphatic imine (C=N–C) groups is 5. The van der Waals surface area contributed by atoms with Crippen LogP contribution in [-0.4, -0.2) is 57.6 Å². The Morgan fingerprint density at radius 3 is 1.66 bits per heavy atom. The Balaban J connectivity index is 0.00000400. The van der Waals surface area contributed by atoms with Crippen LogP contribution < -0.4 is 0 Å². The van der Waals surface area contributed by atoms with E-state index >= 15 is 0 Å². The average molecular weight is 660 g/mol. The molecule has 0 radical (unpaired) electrons. The zero-order valence-electron chi connectivity index (χ0n) is 21.9. The fourth-order valence-electron chi connectivity index (χ4n) is 3.92. The van der Waals surface area contributed by atoms with Crippen molar-refractivity contribution < 1.29 is 49.4 Å². The van der Waals surface area contributed by atoms with Gasteiger partial charge in [-0.2, -0.15) is 4.99 Å². The summed E-state index contributed by atoms with van der Waals surface area (Å²) in [4.78, 5) is 33.0. The van der Waals surface area contributed by atoms with Crippen molar-refractivity contribution >= 4 is 45.9 Å². The van der Waals surface area contributed by atoms with Crippen LogP contribution in [0.2, 0.25) is 0 Å². The van der Waals surface area contributed by atoms with Gasteiger partial charge >= 0.3 is 49.4 Å². The zero-order chi connectivity index (χ0) is 26.2. The minimum atomic E-state index is -0.217. The number of hydrogen-bond donors (Lipinski definition) is 0. The van der Waals surface area contributed by atoms with Crippen LogP contribution in [0.1, 0.15) is 62.1 Å². The zero-order valence-corrected chi connectivity index (χ0v) is 25.1. The Hall–Kier alpha value is -2.42. The molecule has 1 unspecified atom stereocenters. The van der Waals surface area contributed by atoms with Crippen molar-refractivity contribution in [1.82, 2.24) is 9.97 Å². The molecule has 190 valence electrons. The van der Waals surface area contributed by atoms with Crippen LogP contribution in [-0.2, 0) is 0 Å². The second-order valence-corrected chi connectivity index (χ2v) is 8.88. The molecule has 0 aliphatic carbocycles. The Morgan fingerprint density at radius 1 is 0.684 bits per heavy atom. The molecule has 3 heterocycles. The predicted molar refractivity (Wildman–Crippen MR) is 156 cm³/mol. The predicted octanol–water partition coefficient (Wildman–Crippen LogP) is 5.90. The van der Waals surface area contributed by atoms with Crippen LogP contribution in [0.15, 0.2) is 85.6 Å². The molecular formula is C29H29EuN7S+3. The Kier molecular flexibility index (Phi) is 11.6. The third kappa shape index (κ3) is 8.04. The smallest absolute Gasteiger partial charge is 0.286 e. The molecule has 38 heavy (non-hydrogen) atoms. The minimum Gasteiger partial charge on any atom is -0.286 e. The maximum Gasteiger partial charge on any atom is 3.00 e. The molecule has 0 spiro atoms. The van der Waals surface area contributed by atoms with Gasteiger partial charge in [-0.05, 0) is 81.9 Å². The normalized spacial score (nSPS) is 16.3. The third-order valence-corrected chi connectivity index (χ3v) is 6.17. The molecule has 3 aromatic rings. The fraction of sp³-hybridized carbons (Fsp3) is 0.276. The average Bonchev–Trinajstić information content (AvgIpc) is 2.93. The van der Waals surface area contributed by atoms with Crippen molar-refractivity contribution in [2.24, 2.45) is 25.0 Å². The number of hydrogen-bond acceptors (Lipinski definition) is 8. The van der Waals surface area contributed by atoms with Crippen LogP contribution in [0, 0.1) is 49.4 Å². The number of thiocarbonyl (C=S) groups is 1. The van der Waals surface area contributed by atoms with Gasteiger partial charge in [-0.3, -0.25) is 20.0 Å². The fourth-order valence-corrected chi connectivity index (χ4v) is 4.03. The van der Waals surface area contributed by atoms with E-state index in [1.807, 2.05) is 88.4 Å². The van der Waals surface area contributed by atoms with Crippen LogP contribution in [0.4, 0.5) is 5.69 Å². The molecule has 0 fully saturated rings. The van der Waals surface area contributed by atoms with Crippen molar-refractivity contribution in [2.75, 3.05) is 19.6 Å². The van der Waals surface area contributed by atoms with Gasteiger partial charge in [-0.25, -0.2) is 9.97 Å². The van der Waals surface area contributed by atoms with E-state index in [4.69, 9.17) is 37.2 Å². The number of rotatable bonds is 2. The van der Waals surface area contributed by atoms with E-state index in [1.54, 1.807) is 0 Å². The molecule has 4 bridgehead atoms. The van der Waals surface area contributed by atoms with E-state index in [2.05, 4.69) is 15.1 Å². The molecule has 0 saturated carbocycles. The second kappa shape index (κ2) is 14.7. The summed E-state index contributed by atoms with van der Waals surface area (Å²) >= 11 is 4.74. The Morgan fingerprint density at radius 2 is 1.16 bits per heavy atom. The van der Waals surface area contributed by atoms with Gasteiger partial charge in [0.2, 0.25) is 0 Å². The molecule has 7 nitrogen and oxygen atoms in total. The van der Waals surface area contributed by atoms with Crippen molar-refractivity contribution in [3.63, 3.8) is 0 Å². The van der Waals surface area contributed by atoms with Gasteiger partial charge < -0.3 is 0 Å². The Labute approximate surface area is 270 Å². The molecule has 9 heteroatoms. The van der Waals surface area contributed by atoms with Crippen LogP contribution in [0.5, 0.6) is 0 Å². The summed E-state index contributed by atoms with van der Waals surface area (Å²) in [5.74, 6) is 0. The quantitative estimate of drug-likeness (QED) is 0.254. The number of pyridine rings is 2. The van der Waals surface area contributed by atoms with Crippen molar-refractivity contribution in [2.45, 2.75) is 33.7 Å². The van der Waals surface area contributed by atoms with E-state index in [-0.39, 0.29) is 55.4 Å². The van der Waals surface area contributed by atoms with Gasteiger partial charge in [0.25, 0.3) is 0 Å². The van der Waals surface area contributed by atoms with Crippen molar-refractivity contribution in [1.29, 1.82) is 0 Å². The summed E-state index contributed by atoms with van der Waals surface area (Å²) in [6.07, 6.45) is 0. The molecule has 1 aromatic carbocycles. The first kappa shape index (κ1) is 30.1. The van der Waals surface area contributed by atoms with Gasteiger partial charge in [0.1, 0.15) is 0 Å². The third-order valence-electron chi connectivity index (χ3n) is 6.08. The number of fused-ring (bicyclic) bond motifs is 4. The summed E-state index contributed by atoms with van der Waals surface area (Å²) in [7, 11) is 0. The van der Waals surface area contributed by atoms with Crippen molar-refractivity contribution in [3.8, 4) is 0 Å². The molecule has 0 N–H and O–H groups in total. The summed E-state index contributed by atoms with van der Waals surface area (Å²) in [5, 5.41) is 2.41. The maximum absolute atomic E-state index is 5.06. The van der Waals surface area contributed by atoms with E-state index in [1.165, 1.54) is 0 Å². The van der Waals surface area contributed by atoms with E-state index in [9.17, 15) is 0 Å². The van der Waals surface area contributed by atoms with Gasteiger partial charge in [-0.15, -0.1) is 0 Å². The second-order valence-electron chi connectivity index (χ2n) is 8.70. The molecule has 1 aliphatic rings. The molecule has 1 aliphatic heterocycles. The number of nitrogens with zero attached hydrogens (tertiary/aromatic N) is 7. The molecule has 0 saturated heterocycles. The van der Waals surface area contributed by atoms with E-state index in [0.29, 0.717) is 19.6 Å². The number of aromatic nitrogens is 2. The standard InChI is InChI=1S/C29H29N7S.Eu/c1-19-25-7-5-9-27(35-25)21(3)32-17-29(23-11-13-24(14-12-23)33-18-37)34-22(4)28-10-6-8-26(36-28)20(2)31-16-15-30-19;/h5-14,29H,15-17H2,1-4H3;/q;+3. The minimum absolute atomic E-state index is 0. The van der Waals surface area contributed by atoms with Crippen LogP contribution >= 0.6 is 12.2 Å². The van der Waals surface area contributed by atoms with Gasteiger partial charge in [0.15, 0.2) is 0 Å². The summed E-state index contributed by atoms with van der Waals surface area (Å²) < 4.78 is 0. The van der Waals surface area contributed by atoms with Gasteiger partial charge in [-0.1, -0.05) is 24.3 Å². The van der Waals surface area contributed by atoms with Gasteiger partial charge in [0, 0.05) is 0 Å². The molecule has 2 aromatic heterocycles.